The van der Waals surface area contributed by atoms with Gasteiger partial charge in [-0.2, -0.15) is 0 Å². The number of nitrogens with two attached hydrogens (primary N) is 1. The maximum absolute atomic E-state index is 11.4. The molecule has 4 nitrogen and oxygen atoms in total. The third kappa shape index (κ3) is 2.03. The number of carbonyl (C=O) groups is 1. The van der Waals surface area contributed by atoms with E-state index < -0.39 is 6.04 Å². The number of likely N-dealkylation sites (N-methyl/N-ethyl adjacent to an activating group) is 1. The van der Waals surface area contributed by atoms with Gasteiger partial charge in [0.15, 0.2) is 0 Å². The number of nitrogens with one attached hydrogen (secondary N) is 1. The lowest BCUT2D eigenvalue weighted by Crippen LogP contribution is -2.22. The van der Waals surface area contributed by atoms with Crippen molar-refractivity contribution in [1.29, 1.82) is 0 Å². The molecule has 0 spiro atoms. The van der Waals surface area contributed by atoms with Crippen LogP contribution in [-0.4, -0.2) is 19.0 Å². The Balaban J connectivity index is 2.32. The minimum atomic E-state index is -0.534. The van der Waals surface area contributed by atoms with Crippen molar-refractivity contribution in [2.24, 2.45) is 5.73 Å². The van der Waals surface area contributed by atoms with Crippen molar-refractivity contribution in [1.82, 2.24) is 0 Å². The Hall–Kier alpha value is -1.81. The number of hydrogen-bond acceptors (Lipinski definition) is 3. The Morgan fingerprint density at radius 1 is 1.59 bits per heavy atom. The molecule has 3 N–H and O–H groups in total. The number of fused-ring (bicyclic) bond motifs is 1. The maximum atomic E-state index is 11.4. The lowest BCUT2D eigenvalue weighted by Gasteiger charge is -2.22. The molecule has 1 atom stereocenters. The molecule has 0 bridgehead atoms. The van der Waals surface area contributed by atoms with Crippen LogP contribution in [0.5, 0.6) is 0 Å². The van der Waals surface area contributed by atoms with Crippen LogP contribution in [0.2, 0.25) is 0 Å². The lowest BCUT2D eigenvalue weighted by molar-refractivity contribution is -0.116. The highest BCUT2D eigenvalue weighted by Crippen LogP contribution is 2.32. The van der Waals surface area contributed by atoms with Crippen LogP contribution in [0.1, 0.15) is 18.5 Å². The van der Waals surface area contributed by atoms with Gasteiger partial charge in [-0.25, -0.2) is 0 Å². The van der Waals surface area contributed by atoms with E-state index in [1.807, 2.05) is 24.3 Å². The van der Waals surface area contributed by atoms with E-state index in [0.29, 0.717) is 0 Å². The highest BCUT2D eigenvalue weighted by molar-refractivity contribution is 6.02. The molecule has 4 heteroatoms. The molecule has 1 aliphatic rings. The van der Waals surface area contributed by atoms with E-state index in [0.717, 1.165) is 30.0 Å². The van der Waals surface area contributed by atoms with Gasteiger partial charge in [-0.15, -0.1) is 6.58 Å². The molecule has 1 heterocycles. The van der Waals surface area contributed by atoms with Crippen LogP contribution < -0.4 is 16.0 Å². The molecule has 1 aromatic carbocycles. The minimum absolute atomic E-state index is 0.135. The third-order valence-corrected chi connectivity index (χ3v) is 3.01. The van der Waals surface area contributed by atoms with Crippen molar-refractivity contribution in [3.8, 4) is 0 Å². The summed E-state index contributed by atoms with van der Waals surface area (Å²) in [6.07, 6.45) is 1.86. The fraction of sp³-hybridized carbons (Fsp3) is 0.308. The van der Waals surface area contributed by atoms with Gasteiger partial charge in [0.1, 0.15) is 6.04 Å². The zero-order valence-electron chi connectivity index (χ0n) is 9.94. The van der Waals surface area contributed by atoms with Gasteiger partial charge in [0.2, 0.25) is 5.91 Å². The molecule has 1 aromatic rings. The van der Waals surface area contributed by atoms with E-state index in [1.165, 1.54) is 0 Å². The van der Waals surface area contributed by atoms with Crippen LogP contribution >= 0.6 is 0 Å². The van der Waals surface area contributed by atoms with Crippen molar-refractivity contribution in [3.05, 3.63) is 36.4 Å². The topological polar surface area (TPSA) is 58.4 Å². The molecular weight excluding hydrogens is 214 g/mol. The smallest absolute Gasteiger partial charge is 0.245 e. The second-order valence-electron chi connectivity index (χ2n) is 4.07. The molecule has 1 aliphatic heterocycles. The molecule has 0 saturated carbocycles. The quantitative estimate of drug-likeness (QED) is 0.775. The summed E-state index contributed by atoms with van der Waals surface area (Å²) < 4.78 is 0. The van der Waals surface area contributed by atoms with Gasteiger partial charge in [0, 0.05) is 30.0 Å². The first-order valence-corrected chi connectivity index (χ1v) is 5.73. The maximum Gasteiger partial charge on any atom is 0.245 e. The van der Waals surface area contributed by atoms with Crippen molar-refractivity contribution < 1.29 is 4.79 Å². The molecule has 0 fully saturated rings. The first kappa shape index (κ1) is 11.7. The minimum Gasteiger partial charge on any atom is -0.368 e. The Kier molecular flexibility index (Phi) is 3.15. The molecule has 90 valence electrons. The van der Waals surface area contributed by atoms with E-state index in [2.05, 4.69) is 23.7 Å². The van der Waals surface area contributed by atoms with Crippen molar-refractivity contribution >= 4 is 17.3 Å². The average Bonchev–Trinajstić information content (AvgIpc) is 2.61. The van der Waals surface area contributed by atoms with E-state index in [-0.39, 0.29) is 5.91 Å². The zero-order chi connectivity index (χ0) is 12.4. The van der Waals surface area contributed by atoms with Gasteiger partial charge in [-0.3, -0.25) is 4.79 Å². The largest absolute Gasteiger partial charge is 0.368 e. The molecule has 1 amide bonds. The number of amides is 1. The number of carbonyl (C=O) groups excluding carboxylic acids is 1. The Labute approximate surface area is 101 Å². The van der Waals surface area contributed by atoms with Gasteiger partial charge in [-0.05, 0) is 19.1 Å². The molecule has 1 unspecified atom stereocenters. The summed E-state index contributed by atoms with van der Waals surface area (Å²) in [4.78, 5) is 13.6. The highest BCUT2D eigenvalue weighted by atomic mass is 16.2. The van der Waals surface area contributed by atoms with Crippen LogP contribution in [0, 0.1) is 0 Å². The van der Waals surface area contributed by atoms with Gasteiger partial charge >= 0.3 is 0 Å². The fourth-order valence-electron chi connectivity index (χ4n) is 2.05. The predicted octanol–water partition coefficient (Wildman–Crippen LogP) is 1.65. The molecule has 0 saturated heterocycles. The van der Waals surface area contributed by atoms with Gasteiger partial charge < -0.3 is 16.0 Å². The predicted molar refractivity (Wildman–Crippen MR) is 70.1 cm³/mol. The van der Waals surface area contributed by atoms with E-state index >= 15 is 0 Å². The van der Waals surface area contributed by atoms with Gasteiger partial charge in [0.05, 0.1) is 0 Å². The van der Waals surface area contributed by atoms with Gasteiger partial charge in [0.25, 0.3) is 0 Å². The summed E-state index contributed by atoms with van der Waals surface area (Å²) in [5.41, 5.74) is 8.53. The standard InChI is InChI=1S/C13H17N3O/c1-3-7-16(4-2)9-5-6-10-11(8-9)15-13(17)12(10)14/h3,5-6,8,12H,1,4,7,14H2,2H3,(H,15,17). The van der Waals surface area contributed by atoms with Crippen molar-refractivity contribution in [3.63, 3.8) is 0 Å². The fourth-order valence-corrected chi connectivity index (χ4v) is 2.05. The summed E-state index contributed by atoms with van der Waals surface area (Å²) in [5, 5.41) is 2.79. The van der Waals surface area contributed by atoms with E-state index in [1.54, 1.807) is 0 Å². The van der Waals surface area contributed by atoms with Gasteiger partial charge in [-0.1, -0.05) is 12.1 Å². The first-order valence-electron chi connectivity index (χ1n) is 5.73. The zero-order valence-corrected chi connectivity index (χ0v) is 9.94. The number of anilines is 2. The summed E-state index contributed by atoms with van der Waals surface area (Å²) in [6.45, 7) is 7.50. The second kappa shape index (κ2) is 4.59. The van der Waals surface area contributed by atoms with Crippen LogP contribution in [0.15, 0.2) is 30.9 Å². The summed E-state index contributed by atoms with van der Waals surface area (Å²) >= 11 is 0. The Morgan fingerprint density at radius 3 is 3.00 bits per heavy atom. The lowest BCUT2D eigenvalue weighted by atomic mass is 10.1. The highest BCUT2D eigenvalue weighted by Gasteiger charge is 2.27. The molecule has 0 aliphatic carbocycles. The molecular formula is C13H17N3O. The number of benzene rings is 1. The summed E-state index contributed by atoms with van der Waals surface area (Å²) in [7, 11) is 0. The summed E-state index contributed by atoms with van der Waals surface area (Å²) in [6, 6.07) is 5.34. The summed E-state index contributed by atoms with van der Waals surface area (Å²) in [5.74, 6) is -0.135. The van der Waals surface area contributed by atoms with Crippen molar-refractivity contribution in [2.45, 2.75) is 13.0 Å². The number of rotatable bonds is 4. The molecule has 0 radical (unpaired) electrons. The Morgan fingerprint density at radius 2 is 2.35 bits per heavy atom. The number of nitrogens with zero attached hydrogens (tertiary/aromatic N) is 1. The van der Waals surface area contributed by atoms with Crippen LogP contribution in [0.3, 0.4) is 0 Å². The van der Waals surface area contributed by atoms with E-state index in [4.69, 9.17) is 5.73 Å². The molecule has 0 aromatic heterocycles. The van der Waals surface area contributed by atoms with E-state index in [9.17, 15) is 4.79 Å². The first-order chi connectivity index (χ1) is 8.17. The van der Waals surface area contributed by atoms with Crippen LogP contribution in [0.4, 0.5) is 11.4 Å². The van der Waals surface area contributed by atoms with Crippen LogP contribution in [0.25, 0.3) is 0 Å². The second-order valence-corrected chi connectivity index (χ2v) is 4.07. The number of hydrogen-bond donors (Lipinski definition) is 2. The third-order valence-electron chi connectivity index (χ3n) is 3.01. The average molecular weight is 231 g/mol. The van der Waals surface area contributed by atoms with Crippen LogP contribution in [-0.2, 0) is 4.79 Å². The normalized spacial score (nSPS) is 17.5. The monoisotopic (exact) mass is 231 g/mol. The Bertz CT molecular complexity index is 456. The molecule has 17 heavy (non-hydrogen) atoms. The SMILES string of the molecule is C=CCN(CC)c1ccc2c(c1)NC(=O)C2N. The molecule has 2 rings (SSSR count). The van der Waals surface area contributed by atoms with Crippen molar-refractivity contribution in [2.75, 3.05) is 23.3 Å².